The summed E-state index contributed by atoms with van der Waals surface area (Å²) in [6.07, 6.45) is 0. The summed E-state index contributed by atoms with van der Waals surface area (Å²) in [6, 6.07) is 4.73. The van der Waals surface area contributed by atoms with Crippen molar-refractivity contribution in [3.63, 3.8) is 0 Å². The smallest absolute Gasteiger partial charge is 0.289 e. The van der Waals surface area contributed by atoms with E-state index in [1.54, 1.807) is 6.07 Å². The van der Waals surface area contributed by atoms with Crippen LogP contribution in [0.3, 0.4) is 0 Å². The summed E-state index contributed by atoms with van der Waals surface area (Å²) in [5.41, 5.74) is 0.306. The van der Waals surface area contributed by atoms with Crippen LogP contribution in [0.2, 0.25) is 10.0 Å². The fourth-order valence-corrected chi connectivity index (χ4v) is 2.07. The molecule has 0 fully saturated rings. The van der Waals surface area contributed by atoms with Crippen LogP contribution in [-0.4, -0.2) is 18.2 Å². The molecule has 1 heterocycles. The number of hydrogen-bond acceptors (Lipinski definition) is 3. The number of halogens is 2. The lowest BCUT2D eigenvalue weighted by Crippen LogP contribution is -2.30. The molecule has 80 valence electrons. The van der Waals surface area contributed by atoms with Gasteiger partial charge in [0.25, 0.3) is 5.78 Å². The molecule has 0 radical (unpaired) electrons. The van der Waals surface area contributed by atoms with Crippen molar-refractivity contribution >= 4 is 40.6 Å². The molecule has 0 saturated heterocycles. The molecule has 1 aromatic rings. The van der Waals surface area contributed by atoms with Crippen LogP contribution >= 0.6 is 23.2 Å². The number of benzene rings is 1. The maximum atomic E-state index is 11.6. The second-order valence-corrected chi connectivity index (χ2v) is 3.95. The molecule has 0 bridgehead atoms. The van der Waals surface area contributed by atoms with Gasteiger partial charge in [0.2, 0.25) is 0 Å². The van der Waals surface area contributed by atoms with E-state index in [0.717, 1.165) is 4.90 Å². The van der Waals surface area contributed by atoms with E-state index in [2.05, 4.69) is 0 Å². The van der Waals surface area contributed by atoms with Gasteiger partial charge in [-0.3, -0.25) is 14.5 Å². The number of rotatable bonds is 1. The second kappa shape index (κ2) is 3.78. The van der Waals surface area contributed by atoms with Crippen LogP contribution < -0.4 is 4.90 Å². The van der Waals surface area contributed by atoms with E-state index in [0.29, 0.717) is 0 Å². The van der Waals surface area contributed by atoms with Gasteiger partial charge in [-0.25, -0.2) is 0 Å². The number of carbonyl (C=O) groups is 2. The van der Waals surface area contributed by atoms with Crippen molar-refractivity contribution in [1.82, 2.24) is 0 Å². The standard InChI is InChI=1S/C10H4Cl2N2O2/c11-5-1-2-6(12)8-7(5)9(15)10(16)14(8)4-3-13/h1-2H,4H2. The summed E-state index contributed by atoms with van der Waals surface area (Å²) in [4.78, 5) is 24.2. The summed E-state index contributed by atoms with van der Waals surface area (Å²) in [5.74, 6) is -1.50. The van der Waals surface area contributed by atoms with Crippen LogP contribution in [0.1, 0.15) is 10.4 Å². The van der Waals surface area contributed by atoms with Crippen molar-refractivity contribution in [3.05, 3.63) is 27.7 Å². The van der Waals surface area contributed by atoms with Gasteiger partial charge in [-0.1, -0.05) is 23.2 Å². The molecular formula is C10H4Cl2N2O2. The maximum absolute atomic E-state index is 11.6. The number of ketones is 1. The van der Waals surface area contributed by atoms with Crippen LogP contribution in [0.25, 0.3) is 0 Å². The highest BCUT2D eigenvalue weighted by Crippen LogP contribution is 2.39. The largest absolute Gasteiger partial charge is 0.300 e. The fraction of sp³-hybridized carbons (Fsp3) is 0.100. The predicted octanol–water partition coefficient (Wildman–Crippen LogP) is 2.05. The molecule has 0 N–H and O–H groups in total. The van der Waals surface area contributed by atoms with Crippen molar-refractivity contribution < 1.29 is 9.59 Å². The zero-order chi connectivity index (χ0) is 11.9. The third-order valence-electron chi connectivity index (χ3n) is 2.24. The van der Waals surface area contributed by atoms with Gasteiger partial charge in [0.1, 0.15) is 6.54 Å². The van der Waals surface area contributed by atoms with Gasteiger partial charge >= 0.3 is 5.91 Å². The minimum atomic E-state index is -0.772. The Morgan fingerprint density at radius 1 is 1.25 bits per heavy atom. The molecule has 4 nitrogen and oxygen atoms in total. The molecule has 0 unspecified atom stereocenters. The first-order valence-electron chi connectivity index (χ1n) is 4.29. The number of nitrogens with zero attached hydrogens (tertiary/aromatic N) is 2. The Kier molecular flexibility index (Phi) is 2.58. The minimum Gasteiger partial charge on any atom is -0.289 e. The quantitative estimate of drug-likeness (QED) is 0.569. The molecule has 6 heteroatoms. The lowest BCUT2D eigenvalue weighted by atomic mass is 10.1. The van der Waals surface area contributed by atoms with Crippen molar-refractivity contribution in [3.8, 4) is 6.07 Å². The summed E-state index contributed by atoms with van der Waals surface area (Å²) >= 11 is 11.7. The first-order chi connectivity index (χ1) is 7.57. The van der Waals surface area contributed by atoms with Crippen molar-refractivity contribution in [2.24, 2.45) is 0 Å². The van der Waals surface area contributed by atoms with Gasteiger partial charge < -0.3 is 0 Å². The Balaban J connectivity index is 2.70. The monoisotopic (exact) mass is 254 g/mol. The SMILES string of the molecule is N#CCN1C(=O)C(=O)c2c(Cl)ccc(Cl)c21. The first-order valence-corrected chi connectivity index (χ1v) is 5.04. The molecule has 0 saturated carbocycles. The van der Waals surface area contributed by atoms with E-state index < -0.39 is 11.7 Å². The van der Waals surface area contributed by atoms with Crippen LogP contribution in [0.15, 0.2) is 12.1 Å². The van der Waals surface area contributed by atoms with Crippen molar-refractivity contribution in [1.29, 1.82) is 5.26 Å². The zero-order valence-electron chi connectivity index (χ0n) is 7.83. The number of fused-ring (bicyclic) bond motifs is 1. The Morgan fingerprint density at radius 2 is 1.88 bits per heavy atom. The second-order valence-electron chi connectivity index (χ2n) is 3.13. The van der Waals surface area contributed by atoms with E-state index in [9.17, 15) is 9.59 Å². The molecule has 16 heavy (non-hydrogen) atoms. The molecule has 2 rings (SSSR count). The molecule has 1 aromatic carbocycles. The Bertz CT molecular complexity index is 548. The average molecular weight is 255 g/mol. The molecule has 1 aliphatic heterocycles. The Labute approximate surface area is 101 Å². The van der Waals surface area contributed by atoms with E-state index >= 15 is 0 Å². The Morgan fingerprint density at radius 3 is 2.50 bits per heavy atom. The summed E-state index contributed by atoms with van der Waals surface area (Å²) in [7, 11) is 0. The highest BCUT2D eigenvalue weighted by Gasteiger charge is 2.39. The van der Waals surface area contributed by atoms with Gasteiger partial charge in [0, 0.05) is 0 Å². The number of carbonyl (C=O) groups excluding carboxylic acids is 2. The molecular weight excluding hydrogens is 251 g/mol. The normalized spacial score (nSPS) is 13.9. The van der Waals surface area contributed by atoms with E-state index in [1.165, 1.54) is 12.1 Å². The number of nitriles is 1. The summed E-state index contributed by atoms with van der Waals surface area (Å²) < 4.78 is 0. The molecule has 1 amide bonds. The van der Waals surface area contributed by atoms with Gasteiger partial charge in [-0.05, 0) is 12.1 Å². The number of anilines is 1. The van der Waals surface area contributed by atoms with E-state index in [1.807, 2.05) is 0 Å². The fourth-order valence-electron chi connectivity index (χ4n) is 1.57. The van der Waals surface area contributed by atoms with Gasteiger partial charge in [-0.2, -0.15) is 5.26 Å². The Hall–Kier alpha value is -1.57. The number of amides is 1. The van der Waals surface area contributed by atoms with Crippen LogP contribution in [0.4, 0.5) is 5.69 Å². The molecule has 0 aliphatic carbocycles. The third kappa shape index (κ3) is 1.37. The molecule has 0 spiro atoms. The van der Waals surface area contributed by atoms with Gasteiger partial charge in [0.15, 0.2) is 0 Å². The lowest BCUT2D eigenvalue weighted by molar-refractivity contribution is -0.114. The zero-order valence-corrected chi connectivity index (χ0v) is 9.34. The van der Waals surface area contributed by atoms with Crippen molar-refractivity contribution in [2.75, 3.05) is 11.4 Å². The highest BCUT2D eigenvalue weighted by molar-refractivity contribution is 6.57. The van der Waals surface area contributed by atoms with Crippen molar-refractivity contribution in [2.45, 2.75) is 0 Å². The molecule has 0 aromatic heterocycles. The third-order valence-corrected chi connectivity index (χ3v) is 2.86. The number of Topliss-reactive ketones (excluding diaryl/α,β-unsaturated/α-hetero) is 1. The highest BCUT2D eigenvalue weighted by atomic mass is 35.5. The predicted molar refractivity (Wildman–Crippen MR) is 58.8 cm³/mol. The summed E-state index contributed by atoms with van der Waals surface area (Å²) in [5, 5.41) is 8.98. The topological polar surface area (TPSA) is 61.2 Å². The molecule has 0 atom stereocenters. The number of hydrogen-bond donors (Lipinski definition) is 0. The van der Waals surface area contributed by atoms with Crippen LogP contribution in [-0.2, 0) is 4.79 Å². The maximum Gasteiger partial charge on any atom is 0.300 e. The lowest BCUT2D eigenvalue weighted by Gasteiger charge is -2.13. The minimum absolute atomic E-state index is 0.0782. The van der Waals surface area contributed by atoms with E-state index in [4.69, 9.17) is 28.5 Å². The average Bonchev–Trinajstić information content (AvgIpc) is 2.50. The van der Waals surface area contributed by atoms with Gasteiger partial charge in [-0.15, -0.1) is 0 Å². The summed E-state index contributed by atoms with van der Waals surface area (Å²) in [6.45, 7) is -0.225. The van der Waals surface area contributed by atoms with Crippen LogP contribution in [0, 0.1) is 11.3 Å². The molecule has 1 aliphatic rings. The van der Waals surface area contributed by atoms with E-state index in [-0.39, 0.29) is 27.8 Å². The van der Waals surface area contributed by atoms with Gasteiger partial charge in [0.05, 0.1) is 27.4 Å². The van der Waals surface area contributed by atoms with Crippen LogP contribution in [0.5, 0.6) is 0 Å². The first kappa shape index (κ1) is 10.9.